The summed E-state index contributed by atoms with van der Waals surface area (Å²) in [5.41, 5.74) is 1.19. The predicted molar refractivity (Wildman–Crippen MR) is 78.2 cm³/mol. The number of methoxy groups -OCH3 is 2. The molecule has 0 fully saturated rings. The van der Waals surface area contributed by atoms with Crippen molar-refractivity contribution >= 4 is 0 Å². The molecular weight excluding hydrogens is 258 g/mol. The first-order chi connectivity index (χ1) is 9.86. The van der Waals surface area contributed by atoms with E-state index in [-0.39, 0.29) is 0 Å². The fraction of sp³-hybridized carbons (Fsp3) is 0.600. The van der Waals surface area contributed by atoms with E-state index in [0.717, 1.165) is 25.4 Å². The summed E-state index contributed by atoms with van der Waals surface area (Å²) in [6.45, 7) is 4.70. The van der Waals surface area contributed by atoms with Gasteiger partial charge in [-0.25, -0.2) is 0 Å². The lowest BCUT2D eigenvalue weighted by atomic mass is 10.2. The van der Waals surface area contributed by atoms with Crippen LogP contribution in [0.4, 0.5) is 0 Å². The van der Waals surface area contributed by atoms with Crippen LogP contribution >= 0.6 is 0 Å². The Morgan fingerprint density at radius 3 is 2.55 bits per heavy atom. The fourth-order valence-corrected chi connectivity index (χ4v) is 1.61. The Labute approximate surface area is 121 Å². The first-order valence-electron chi connectivity index (χ1n) is 6.85. The van der Waals surface area contributed by atoms with Crippen molar-refractivity contribution in [3.05, 3.63) is 29.8 Å². The molecule has 0 saturated heterocycles. The van der Waals surface area contributed by atoms with Crippen LogP contribution in [0.15, 0.2) is 24.3 Å². The minimum absolute atomic E-state index is 0.546. The minimum atomic E-state index is 0.546. The summed E-state index contributed by atoms with van der Waals surface area (Å²) in [5, 5.41) is 3.30. The quantitative estimate of drug-likeness (QED) is 0.589. The maximum absolute atomic E-state index is 5.64. The number of hydrogen-bond acceptors (Lipinski definition) is 5. The molecule has 0 amide bonds. The summed E-state index contributed by atoms with van der Waals surface area (Å²) in [4.78, 5) is 0. The van der Waals surface area contributed by atoms with Crippen LogP contribution in [0.3, 0.4) is 0 Å². The second kappa shape index (κ2) is 11.7. The van der Waals surface area contributed by atoms with E-state index in [9.17, 15) is 0 Å². The van der Waals surface area contributed by atoms with Crippen LogP contribution in [0.25, 0.3) is 0 Å². The van der Waals surface area contributed by atoms with Gasteiger partial charge in [0.25, 0.3) is 0 Å². The Bertz CT molecular complexity index is 346. The average molecular weight is 283 g/mol. The second-order valence-corrected chi connectivity index (χ2v) is 4.27. The van der Waals surface area contributed by atoms with Crippen molar-refractivity contribution in [3.63, 3.8) is 0 Å². The minimum Gasteiger partial charge on any atom is -0.491 e. The van der Waals surface area contributed by atoms with Gasteiger partial charge in [-0.15, -0.1) is 0 Å². The molecular formula is C15H25NO4. The molecule has 0 unspecified atom stereocenters. The molecule has 1 aromatic carbocycles. The van der Waals surface area contributed by atoms with E-state index in [0.29, 0.717) is 26.4 Å². The molecule has 0 radical (unpaired) electrons. The Hall–Kier alpha value is -1.14. The second-order valence-electron chi connectivity index (χ2n) is 4.27. The molecule has 1 rings (SSSR count). The SMILES string of the molecule is COCCNCc1cccc(OCCOCCOC)c1. The van der Waals surface area contributed by atoms with Gasteiger partial charge in [0.2, 0.25) is 0 Å². The summed E-state index contributed by atoms with van der Waals surface area (Å²) in [6.07, 6.45) is 0. The maximum Gasteiger partial charge on any atom is 0.119 e. The van der Waals surface area contributed by atoms with Gasteiger partial charge < -0.3 is 24.3 Å². The van der Waals surface area contributed by atoms with Gasteiger partial charge in [0.1, 0.15) is 12.4 Å². The van der Waals surface area contributed by atoms with Crippen molar-refractivity contribution < 1.29 is 18.9 Å². The predicted octanol–water partition coefficient (Wildman–Crippen LogP) is 1.46. The van der Waals surface area contributed by atoms with E-state index in [1.807, 2.05) is 18.2 Å². The molecule has 0 saturated carbocycles. The Morgan fingerprint density at radius 2 is 1.75 bits per heavy atom. The summed E-state index contributed by atoms with van der Waals surface area (Å²) < 4.78 is 20.9. The fourth-order valence-electron chi connectivity index (χ4n) is 1.61. The average Bonchev–Trinajstić information content (AvgIpc) is 2.48. The highest BCUT2D eigenvalue weighted by Gasteiger charge is 1.97. The van der Waals surface area contributed by atoms with Crippen molar-refractivity contribution in [3.8, 4) is 5.75 Å². The van der Waals surface area contributed by atoms with E-state index in [2.05, 4.69) is 11.4 Å². The van der Waals surface area contributed by atoms with Crippen molar-refractivity contribution in [1.29, 1.82) is 0 Å². The number of benzene rings is 1. The summed E-state index contributed by atoms with van der Waals surface area (Å²) in [6, 6.07) is 8.05. The van der Waals surface area contributed by atoms with Crippen LogP contribution < -0.4 is 10.1 Å². The molecule has 0 aliphatic carbocycles. The summed E-state index contributed by atoms with van der Waals surface area (Å²) in [7, 11) is 3.36. The monoisotopic (exact) mass is 283 g/mol. The van der Waals surface area contributed by atoms with E-state index < -0.39 is 0 Å². The zero-order valence-electron chi connectivity index (χ0n) is 12.4. The van der Waals surface area contributed by atoms with Gasteiger partial charge in [-0.1, -0.05) is 12.1 Å². The molecule has 0 spiro atoms. The van der Waals surface area contributed by atoms with Gasteiger partial charge in [0, 0.05) is 27.3 Å². The normalized spacial score (nSPS) is 10.7. The topological polar surface area (TPSA) is 49.0 Å². The number of ether oxygens (including phenoxy) is 4. The molecule has 5 nitrogen and oxygen atoms in total. The molecule has 0 atom stereocenters. The van der Waals surface area contributed by atoms with Crippen LogP contribution in [0.2, 0.25) is 0 Å². The zero-order valence-corrected chi connectivity index (χ0v) is 12.4. The third kappa shape index (κ3) is 8.12. The van der Waals surface area contributed by atoms with E-state index in [4.69, 9.17) is 18.9 Å². The molecule has 0 aromatic heterocycles. The highest BCUT2D eigenvalue weighted by atomic mass is 16.5. The molecule has 0 aliphatic rings. The maximum atomic E-state index is 5.64. The third-order valence-corrected chi connectivity index (χ3v) is 2.64. The Kier molecular flexibility index (Phi) is 9.87. The highest BCUT2D eigenvalue weighted by Crippen LogP contribution is 2.13. The van der Waals surface area contributed by atoms with E-state index in [1.54, 1.807) is 14.2 Å². The largest absolute Gasteiger partial charge is 0.491 e. The van der Waals surface area contributed by atoms with Crippen LogP contribution in [-0.4, -0.2) is 53.8 Å². The van der Waals surface area contributed by atoms with Gasteiger partial charge in [-0.05, 0) is 17.7 Å². The van der Waals surface area contributed by atoms with Gasteiger partial charge in [0.15, 0.2) is 0 Å². The first kappa shape index (κ1) is 16.9. The molecule has 20 heavy (non-hydrogen) atoms. The Morgan fingerprint density at radius 1 is 0.950 bits per heavy atom. The molecule has 114 valence electrons. The summed E-state index contributed by atoms with van der Waals surface area (Å²) >= 11 is 0. The smallest absolute Gasteiger partial charge is 0.119 e. The summed E-state index contributed by atoms with van der Waals surface area (Å²) in [5.74, 6) is 0.867. The standard InChI is InChI=1S/C15H25NO4/c1-17-7-6-16-13-14-4-3-5-15(12-14)20-11-10-19-9-8-18-2/h3-5,12,16H,6-11,13H2,1-2H3. The highest BCUT2D eigenvalue weighted by molar-refractivity contribution is 5.28. The third-order valence-electron chi connectivity index (χ3n) is 2.64. The molecule has 1 N–H and O–H groups in total. The first-order valence-corrected chi connectivity index (χ1v) is 6.85. The molecule has 0 bridgehead atoms. The van der Waals surface area contributed by atoms with Crippen molar-refractivity contribution in [2.45, 2.75) is 6.54 Å². The van der Waals surface area contributed by atoms with E-state index in [1.165, 1.54) is 5.56 Å². The lowest BCUT2D eigenvalue weighted by molar-refractivity contribution is 0.0544. The van der Waals surface area contributed by atoms with Crippen LogP contribution in [-0.2, 0) is 20.8 Å². The molecule has 0 aliphatic heterocycles. The molecule has 1 aromatic rings. The van der Waals surface area contributed by atoms with Gasteiger partial charge in [-0.2, -0.15) is 0 Å². The lowest BCUT2D eigenvalue weighted by Crippen LogP contribution is -2.18. The lowest BCUT2D eigenvalue weighted by Gasteiger charge is -2.09. The van der Waals surface area contributed by atoms with Crippen molar-refractivity contribution in [2.75, 3.05) is 53.8 Å². The van der Waals surface area contributed by atoms with E-state index >= 15 is 0 Å². The van der Waals surface area contributed by atoms with Gasteiger partial charge in [0.05, 0.1) is 26.4 Å². The van der Waals surface area contributed by atoms with Crippen molar-refractivity contribution in [2.24, 2.45) is 0 Å². The zero-order chi connectivity index (χ0) is 14.5. The van der Waals surface area contributed by atoms with Gasteiger partial charge in [-0.3, -0.25) is 0 Å². The number of hydrogen-bond donors (Lipinski definition) is 1. The van der Waals surface area contributed by atoms with Crippen molar-refractivity contribution in [1.82, 2.24) is 5.32 Å². The molecule has 5 heteroatoms. The van der Waals surface area contributed by atoms with Crippen LogP contribution in [0, 0.1) is 0 Å². The van der Waals surface area contributed by atoms with Gasteiger partial charge >= 0.3 is 0 Å². The number of rotatable bonds is 12. The molecule has 0 heterocycles. The number of nitrogens with one attached hydrogen (secondary N) is 1. The van der Waals surface area contributed by atoms with Crippen LogP contribution in [0.5, 0.6) is 5.75 Å². The Balaban J connectivity index is 2.18. The van der Waals surface area contributed by atoms with Crippen LogP contribution in [0.1, 0.15) is 5.56 Å².